The highest BCUT2D eigenvalue weighted by Crippen LogP contribution is 2.43. The van der Waals surface area contributed by atoms with Crippen molar-refractivity contribution >= 4 is 28.8 Å². The molecule has 2 atom stereocenters. The Kier molecular flexibility index (Phi) is 7.26. The van der Waals surface area contributed by atoms with Crippen LogP contribution in [0.4, 0.5) is 14.5 Å². The Morgan fingerprint density at radius 1 is 1.10 bits per heavy atom. The quantitative estimate of drug-likeness (QED) is 0.452. The molecule has 1 saturated heterocycles. The SMILES string of the molecule is COc1cccc(OC)c1N1C(c2csc(C)n2)=NC(C)C(C(=O)N2CCC(c3c(F)cccc3F)C2)=C1O. The van der Waals surface area contributed by atoms with Gasteiger partial charge in [-0.25, -0.2) is 13.8 Å². The number of aliphatic imine (C=N–C) groups is 1. The van der Waals surface area contributed by atoms with Gasteiger partial charge in [0.15, 0.2) is 5.84 Å². The fraction of sp³-hybridized carbons (Fsp3) is 0.321. The minimum absolute atomic E-state index is 0.0257. The number of carbonyl (C=O) groups is 1. The summed E-state index contributed by atoms with van der Waals surface area (Å²) in [5.74, 6) is -1.47. The molecule has 2 aliphatic heterocycles. The third kappa shape index (κ3) is 4.71. The van der Waals surface area contributed by atoms with Crippen LogP contribution in [0.3, 0.4) is 0 Å². The van der Waals surface area contributed by atoms with Crippen molar-refractivity contribution in [3.63, 3.8) is 0 Å². The lowest BCUT2D eigenvalue weighted by Crippen LogP contribution is -2.43. The first-order valence-electron chi connectivity index (χ1n) is 12.4. The highest BCUT2D eigenvalue weighted by Gasteiger charge is 2.40. The monoisotopic (exact) mass is 554 g/mol. The molecular formula is C28H28F2N4O4S. The summed E-state index contributed by atoms with van der Waals surface area (Å²) in [7, 11) is 2.99. The molecule has 1 N–H and O–H groups in total. The number of hydrogen-bond acceptors (Lipinski definition) is 8. The number of nitrogens with zero attached hydrogens (tertiary/aromatic N) is 4. The molecule has 2 aliphatic rings. The van der Waals surface area contributed by atoms with Gasteiger partial charge in [0.05, 0.1) is 25.3 Å². The molecule has 1 aromatic heterocycles. The number of ether oxygens (including phenoxy) is 2. The minimum atomic E-state index is -0.726. The second-order valence-electron chi connectivity index (χ2n) is 9.34. The predicted octanol–water partition coefficient (Wildman–Crippen LogP) is 5.19. The van der Waals surface area contributed by atoms with Gasteiger partial charge in [0, 0.05) is 30.0 Å². The van der Waals surface area contributed by atoms with E-state index < -0.39 is 29.5 Å². The van der Waals surface area contributed by atoms with Crippen LogP contribution in [0.1, 0.15) is 35.5 Å². The number of amidine groups is 1. The summed E-state index contributed by atoms with van der Waals surface area (Å²) in [5.41, 5.74) is 0.900. The number of aliphatic hydroxyl groups excluding tert-OH is 1. The van der Waals surface area contributed by atoms with Gasteiger partial charge >= 0.3 is 0 Å². The molecule has 1 fully saturated rings. The van der Waals surface area contributed by atoms with E-state index in [4.69, 9.17) is 14.5 Å². The summed E-state index contributed by atoms with van der Waals surface area (Å²) >= 11 is 1.43. The molecule has 0 bridgehead atoms. The third-order valence-electron chi connectivity index (χ3n) is 6.99. The largest absolute Gasteiger partial charge is 0.494 e. The summed E-state index contributed by atoms with van der Waals surface area (Å²) in [5, 5.41) is 14.4. The molecular weight excluding hydrogens is 526 g/mol. The normalized spacial score (nSPS) is 19.4. The second-order valence-corrected chi connectivity index (χ2v) is 10.4. The van der Waals surface area contributed by atoms with Crippen molar-refractivity contribution in [2.75, 3.05) is 32.2 Å². The fourth-order valence-electron chi connectivity index (χ4n) is 5.15. The topological polar surface area (TPSA) is 87.5 Å². The maximum atomic E-state index is 14.5. The Morgan fingerprint density at radius 2 is 1.74 bits per heavy atom. The number of halogens is 2. The fourth-order valence-corrected chi connectivity index (χ4v) is 5.74. The lowest BCUT2D eigenvalue weighted by molar-refractivity contribution is -0.126. The average Bonchev–Trinajstić information content (AvgIpc) is 3.57. The van der Waals surface area contributed by atoms with Crippen molar-refractivity contribution < 1.29 is 28.2 Å². The number of carbonyl (C=O) groups excluding carboxylic acids is 1. The van der Waals surface area contributed by atoms with Crippen molar-refractivity contribution in [1.29, 1.82) is 0 Å². The molecule has 0 radical (unpaired) electrons. The Balaban J connectivity index is 1.57. The van der Waals surface area contributed by atoms with Crippen LogP contribution < -0.4 is 14.4 Å². The Hall–Kier alpha value is -3.99. The molecule has 0 aliphatic carbocycles. The van der Waals surface area contributed by atoms with Crippen LogP contribution in [-0.2, 0) is 4.79 Å². The predicted molar refractivity (Wildman–Crippen MR) is 145 cm³/mol. The highest BCUT2D eigenvalue weighted by molar-refractivity contribution is 7.09. The smallest absolute Gasteiger partial charge is 0.257 e. The maximum absolute atomic E-state index is 14.5. The van der Waals surface area contributed by atoms with Gasteiger partial charge in [-0.05, 0) is 44.5 Å². The molecule has 1 amide bonds. The van der Waals surface area contributed by atoms with Crippen molar-refractivity contribution in [1.82, 2.24) is 9.88 Å². The van der Waals surface area contributed by atoms with E-state index in [1.165, 1.54) is 53.6 Å². The number of aliphatic hydroxyl groups is 1. The van der Waals surface area contributed by atoms with Crippen molar-refractivity contribution in [2.45, 2.75) is 32.2 Å². The van der Waals surface area contributed by atoms with E-state index in [0.29, 0.717) is 35.1 Å². The summed E-state index contributed by atoms with van der Waals surface area (Å²) in [6, 6.07) is 8.20. The lowest BCUT2D eigenvalue weighted by atomic mass is 9.97. The first-order chi connectivity index (χ1) is 18.7. The minimum Gasteiger partial charge on any atom is -0.494 e. The zero-order valence-electron chi connectivity index (χ0n) is 21.9. The number of thiazole rings is 1. The zero-order valence-corrected chi connectivity index (χ0v) is 22.8. The van der Waals surface area contributed by atoms with Crippen molar-refractivity contribution in [2.24, 2.45) is 4.99 Å². The van der Waals surface area contributed by atoms with Gasteiger partial charge in [-0.3, -0.25) is 14.7 Å². The van der Waals surface area contributed by atoms with E-state index in [-0.39, 0.29) is 30.1 Å². The summed E-state index contributed by atoms with van der Waals surface area (Å²) in [6.45, 7) is 3.96. The van der Waals surface area contributed by atoms with Gasteiger partial charge in [-0.15, -0.1) is 11.3 Å². The molecule has 2 aromatic carbocycles. The van der Waals surface area contributed by atoms with Gasteiger partial charge in [0.1, 0.15) is 40.1 Å². The number of para-hydroxylation sites is 1. The van der Waals surface area contributed by atoms with E-state index in [2.05, 4.69) is 4.98 Å². The highest BCUT2D eigenvalue weighted by atomic mass is 32.1. The Bertz CT molecular complexity index is 1450. The molecule has 3 aromatic rings. The third-order valence-corrected chi connectivity index (χ3v) is 7.76. The van der Waals surface area contributed by atoms with Gasteiger partial charge in [-0.1, -0.05) is 12.1 Å². The van der Waals surface area contributed by atoms with Gasteiger partial charge in [-0.2, -0.15) is 0 Å². The lowest BCUT2D eigenvalue weighted by Gasteiger charge is -2.34. The number of likely N-dealkylation sites (tertiary alicyclic amines) is 1. The van der Waals surface area contributed by atoms with Crippen LogP contribution in [0.25, 0.3) is 0 Å². The first kappa shape index (κ1) is 26.6. The van der Waals surface area contributed by atoms with Crippen LogP contribution in [0.5, 0.6) is 11.5 Å². The van der Waals surface area contributed by atoms with Crippen LogP contribution in [0, 0.1) is 18.6 Å². The molecule has 5 rings (SSSR count). The number of aromatic nitrogens is 1. The number of hydrogen-bond donors (Lipinski definition) is 1. The average molecular weight is 555 g/mol. The standard InChI is InChI=1S/C28H28F2N4O4S/c1-15-23(27(35)33-12-11-17(13-33)24-18(29)7-5-8-19(24)30)28(36)34(26(31-15)20-14-39-16(2)32-20)25-21(37-3)9-6-10-22(25)38-4/h5-10,14-15,17,36H,11-13H2,1-4H3. The molecule has 204 valence electrons. The molecule has 8 nitrogen and oxygen atoms in total. The Morgan fingerprint density at radius 3 is 2.33 bits per heavy atom. The zero-order chi connectivity index (χ0) is 27.8. The van der Waals surface area contributed by atoms with E-state index >= 15 is 0 Å². The molecule has 0 saturated carbocycles. The van der Waals surface area contributed by atoms with E-state index in [9.17, 15) is 18.7 Å². The van der Waals surface area contributed by atoms with Crippen molar-refractivity contribution in [3.05, 3.63) is 81.1 Å². The van der Waals surface area contributed by atoms with Gasteiger partial charge < -0.3 is 19.5 Å². The summed E-state index contributed by atoms with van der Waals surface area (Å²) < 4.78 is 40.1. The van der Waals surface area contributed by atoms with E-state index in [0.717, 1.165) is 5.01 Å². The van der Waals surface area contributed by atoms with E-state index in [1.54, 1.807) is 25.1 Å². The summed E-state index contributed by atoms with van der Waals surface area (Å²) in [4.78, 5) is 26.1. The van der Waals surface area contributed by atoms with Crippen LogP contribution >= 0.6 is 11.3 Å². The number of aryl methyl sites for hydroxylation is 1. The molecule has 11 heteroatoms. The number of methoxy groups -OCH3 is 2. The van der Waals surface area contributed by atoms with Crippen LogP contribution in [-0.4, -0.2) is 60.1 Å². The second kappa shape index (κ2) is 10.6. The molecule has 3 heterocycles. The summed E-state index contributed by atoms with van der Waals surface area (Å²) in [6.07, 6.45) is 0.392. The van der Waals surface area contributed by atoms with Crippen molar-refractivity contribution in [3.8, 4) is 11.5 Å². The van der Waals surface area contributed by atoms with Crippen LogP contribution in [0.2, 0.25) is 0 Å². The number of benzene rings is 2. The number of amides is 1. The first-order valence-corrected chi connectivity index (χ1v) is 13.3. The number of anilines is 1. The molecule has 39 heavy (non-hydrogen) atoms. The van der Waals surface area contributed by atoms with Gasteiger partial charge in [0.2, 0.25) is 5.88 Å². The maximum Gasteiger partial charge on any atom is 0.257 e. The number of rotatable bonds is 6. The van der Waals surface area contributed by atoms with Crippen LogP contribution in [0.15, 0.2) is 58.2 Å². The Labute approximate surface area is 228 Å². The molecule has 2 unspecified atom stereocenters. The van der Waals surface area contributed by atoms with E-state index in [1.807, 2.05) is 12.3 Å². The van der Waals surface area contributed by atoms with Gasteiger partial charge in [0.25, 0.3) is 5.91 Å². The molecule has 0 spiro atoms.